The second-order valence-corrected chi connectivity index (χ2v) is 10.00. The van der Waals surface area contributed by atoms with Crippen molar-refractivity contribution < 1.29 is 24.5 Å². The number of para-hydroxylation sites is 1. The number of methoxy groups -OCH3 is 2. The van der Waals surface area contributed by atoms with Gasteiger partial charge >= 0.3 is 5.97 Å². The van der Waals surface area contributed by atoms with Crippen molar-refractivity contribution in [1.82, 2.24) is 9.88 Å². The third-order valence-electron chi connectivity index (χ3n) is 7.68. The predicted molar refractivity (Wildman–Crippen MR) is 144 cm³/mol. The van der Waals surface area contributed by atoms with Gasteiger partial charge in [-0.15, -0.1) is 0 Å². The van der Waals surface area contributed by atoms with E-state index in [1.165, 1.54) is 5.56 Å². The van der Waals surface area contributed by atoms with Crippen molar-refractivity contribution >= 4 is 16.9 Å². The zero-order chi connectivity index (χ0) is 26.2. The highest BCUT2D eigenvalue weighted by Crippen LogP contribution is 2.35. The first-order valence-electron chi connectivity index (χ1n) is 13.1. The summed E-state index contributed by atoms with van der Waals surface area (Å²) < 4.78 is 10.8. The van der Waals surface area contributed by atoms with Gasteiger partial charge in [-0.1, -0.05) is 18.2 Å². The van der Waals surface area contributed by atoms with E-state index in [-0.39, 0.29) is 18.3 Å². The Hall–Kier alpha value is -3.16. The Balaban J connectivity index is 1.35. The summed E-state index contributed by atoms with van der Waals surface area (Å²) in [5.74, 6) is 1.26. The average molecular weight is 507 g/mol. The zero-order valence-electron chi connectivity index (χ0n) is 21.8. The molecule has 2 N–H and O–H groups in total. The van der Waals surface area contributed by atoms with Crippen LogP contribution in [0.25, 0.3) is 10.9 Å². The Morgan fingerprint density at radius 2 is 1.97 bits per heavy atom. The molecule has 1 aliphatic heterocycles. The summed E-state index contributed by atoms with van der Waals surface area (Å²) in [4.78, 5) is 18.5. The first-order valence-corrected chi connectivity index (χ1v) is 13.1. The van der Waals surface area contributed by atoms with E-state index in [0.717, 1.165) is 73.3 Å². The molecule has 0 unspecified atom stereocenters. The molecule has 1 fully saturated rings. The molecule has 0 radical (unpaired) electrons. The third kappa shape index (κ3) is 6.99. The number of ether oxygens (including phenoxy) is 2. The fraction of sp³-hybridized carbons (Fsp3) is 0.467. The summed E-state index contributed by atoms with van der Waals surface area (Å²) in [6.45, 7) is 2.68. The van der Waals surface area contributed by atoms with Crippen molar-refractivity contribution in [3.8, 4) is 11.5 Å². The normalized spacial score (nSPS) is 19.0. The molecule has 1 aromatic heterocycles. The predicted octanol–water partition coefficient (Wildman–Crippen LogP) is 5.11. The minimum atomic E-state index is -0.751. The fourth-order valence-corrected chi connectivity index (χ4v) is 5.69. The molecular formula is C30H38N2O5. The number of nitrogens with zero attached hydrogens (tertiary/aromatic N) is 2. The summed E-state index contributed by atoms with van der Waals surface area (Å²) >= 11 is 0. The van der Waals surface area contributed by atoms with Crippen LogP contribution in [0.4, 0.5) is 0 Å². The van der Waals surface area contributed by atoms with Gasteiger partial charge in [0.15, 0.2) is 0 Å². The van der Waals surface area contributed by atoms with Gasteiger partial charge < -0.3 is 24.6 Å². The van der Waals surface area contributed by atoms with Crippen LogP contribution in [0.5, 0.6) is 11.5 Å². The third-order valence-corrected chi connectivity index (χ3v) is 7.68. The lowest BCUT2D eigenvalue weighted by Crippen LogP contribution is -2.42. The van der Waals surface area contributed by atoms with Crippen LogP contribution in [0, 0.1) is 11.8 Å². The molecule has 3 atom stereocenters. The van der Waals surface area contributed by atoms with E-state index in [1.807, 2.05) is 42.5 Å². The largest absolute Gasteiger partial charge is 0.497 e. The minimum Gasteiger partial charge on any atom is -0.497 e. The maximum absolute atomic E-state index is 11.7. The number of carboxylic acid groups (broad SMARTS) is 1. The second-order valence-electron chi connectivity index (χ2n) is 10.00. The number of hydrogen-bond acceptors (Lipinski definition) is 6. The van der Waals surface area contributed by atoms with Crippen molar-refractivity contribution in [2.75, 3.05) is 33.9 Å². The molecule has 1 saturated heterocycles. The van der Waals surface area contributed by atoms with E-state index in [1.54, 1.807) is 20.4 Å². The van der Waals surface area contributed by atoms with Gasteiger partial charge in [0.25, 0.3) is 0 Å². The number of carboxylic acids is 1. The van der Waals surface area contributed by atoms with Crippen LogP contribution >= 0.6 is 0 Å². The lowest BCUT2D eigenvalue weighted by molar-refractivity contribution is -0.139. The summed E-state index contributed by atoms with van der Waals surface area (Å²) in [5, 5.41) is 21.6. The molecule has 0 saturated carbocycles. The summed E-state index contributed by atoms with van der Waals surface area (Å²) in [6, 6.07) is 15.7. The van der Waals surface area contributed by atoms with Crippen LogP contribution in [-0.4, -0.2) is 59.9 Å². The van der Waals surface area contributed by atoms with Crippen LogP contribution in [-0.2, 0) is 11.2 Å². The number of aryl methyl sites for hydroxylation is 1. The van der Waals surface area contributed by atoms with E-state index >= 15 is 0 Å². The van der Waals surface area contributed by atoms with Crippen LogP contribution in [0.15, 0.2) is 54.7 Å². The Labute approximate surface area is 219 Å². The van der Waals surface area contributed by atoms with Gasteiger partial charge in [0.2, 0.25) is 0 Å². The molecule has 198 valence electrons. The van der Waals surface area contributed by atoms with Gasteiger partial charge in [0, 0.05) is 24.5 Å². The number of aromatic nitrogens is 1. The molecule has 1 aliphatic rings. The van der Waals surface area contributed by atoms with E-state index in [0.29, 0.717) is 6.42 Å². The number of benzene rings is 2. The van der Waals surface area contributed by atoms with Crippen molar-refractivity contribution in [3.63, 3.8) is 0 Å². The number of aliphatic carboxylic acids is 1. The van der Waals surface area contributed by atoms with Gasteiger partial charge in [-0.3, -0.25) is 9.78 Å². The zero-order valence-corrected chi connectivity index (χ0v) is 21.8. The standard InChI is InChI=1S/C30H38N2O5/c1-36-24-10-11-27-26(19-24)25(13-15-31-27)28(33)12-9-21-14-17-32(20-23(21)18-30(34)35)16-5-7-22-6-3-4-8-29(22)37-2/h3-4,6,8,10-11,13,15,19,21,23,28,33H,5,7,9,12,14,16-18,20H2,1-2H3,(H,34,35)/t21-,23+,28-/m1/s1. The highest BCUT2D eigenvalue weighted by atomic mass is 16.5. The number of fused-ring (bicyclic) bond motifs is 1. The minimum absolute atomic E-state index is 0.0824. The molecule has 37 heavy (non-hydrogen) atoms. The monoisotopic (exact) mass is 506 g/mol. The van der Waals surface area contributed by atoms with Crippen LogP contribution in [0.3, 0.4) is 0 Å². The molecule has 2 heterocycles. The highest BCUT2D eigenvalue weighted by Gasteiger charge is 2.31. The van der Waals surface area contributed by atoms with E-state index in [9.17, 15) is 15.0 Å². The number of hydrogen-bond donors (Lipinski definition) is 2. The van der Waals surface area contributed by atoms with Crippen molar-refractivity contribution in [2.45, 2.75) is 44.6 Å². The van der Waals surface area contributed by atoms with E-state index in [2.05, 4.69) is 16.0 Å². The molecule has 3 aromatic rings. The number of carbonyl (C=O) groups is 1. The molecule has 4 rings (SSSR count). The smallest absolute Gasteiger partial charge is 0.303 e. The maximum Gasteiger partial charge on any atom is 0.303 e. The average Bonchev–Trinajstić information content (AvgIpc) is 2.91. The van der Waals surface area contributed by atoms with Gasteiger partial charge in [-0.05, 0) is 98.5 Å². The second kappa shape index (κ2) is 12.9. The lowest BCUT2D eigenvalue weighted by Gasteiger charge is -2.38. The van der Waals surface area contributed by atoms with Crippen LogP contribution in [0.1, 0.15) is 49.3 Å². The van der Waals surface area contributed by atoms with Gasteiger partial charge in [0.1, 0.15) is 11.5 Å². The highest BCUT2D eigenvalue weighted by molar-refractivity contribution is 5.83. The van der Waals surface area contributed by atoms with E-state index < -0.39 is 12.1 Å². The fourth-order valence-electron chi connectivity index (χ4n) is 5.69. The van der Waals surface area contributed by atoms with E-state index in [4.69, 9.17) is 9.47 Å². The number of likely N-dealkylation sites (tertiary alicyclic amines) is 1. The van der Waals surface area contributed by atoms with Gasteiger partial charge in [-0.25, -0.2) is 0 Å². The molecular weight excluding hydrogens is 468 g/mol. The topological polar surface area (TPSA) is 92.1 Å². The number of piperidine rings is 1. The van der Waals surface area contributed by atoms with Crippen molar-refractivity contribution in [1.29, 1.82) is 0 Å². The molecule has 0 amide bonds. The molecule has 7 heteroatoms. The Kier molecular flexibility index (Phi) is 9.36. The lowest BCUT2D eigenvalue weighted by atomic mass is 9.79. The van der Waals surface area contributed by atoms with Crippen LogP contribution in [0.2, 0.25) is 0 Å². The number of aliphatic hydroxyl groups excluding tert-OH is 1. The Bertz CT molecular complexity index is 1180. The summed E-state index contributed by atoms with van der Waals surface area (Å²) in [5.41, 5.74) is 2.87. The first kappa shape index (κ1) is 26.9. The number of pyridine rings is 1. The summed E-state index contributed by atoms with van der Waals surface area (Å²) in [6.07, 6.45) is 5.52. The molecule has 0 bridgehead atoms. The SMILES string of the molecule is COc1ccc2nccc([C@H](O)CC[C@@H]3CCN(CCCc4ccccc4OC)C[C@@H]3CC(=O)O)c2c1. The quantitative estimate of drug-likeness (QED) is 0.353. The van der Waals surface area contributed by atoms with Crippen molar-refractivity contribution in [3.05, 3.63) is 65.9 Å². The number of aliphatic hydroxyl groups is 1. The van der Waals surface area contributed by atoms with Gasteiger partial charge in [-0.2, -0.15) is 0 Å². The Morgan fingerprint density at radius 3 is 2.76 bits per heavy atom. The van der Waals surface area contributed by atoms with Crippen LogP contribution < -0.4 is 9.47 Å². The first-order chi connectivity index (χ1) is 18.0. The maximum atomic E-state index is 11.7. The van der Waals surface area contributed by atoms with Gasteiger partial charge in [0.05, 0.1) is 25.8 Å². The van der Waals surface area contributed by atoms with Crippen molar-refractivity contribution in [2.24, 2.45) is 11.8 Å². The number of rotatable bonds is 12. The Morgan fingerprint density at radius 1 is 1.14 bits per heavy atom. The molecule has 0 spiro atoms. The molecule has 2 aromatic carbocycles. The summed E-state index contributed by atoms with van der Waals surface area (Å²) in [7, 11) is 3.33. The molecule has 7 nitrogen and oxygen atoms in total. The molecule has 0 aliphatic carbocycles.